The maximum Gasteiger partial charge on any atom is 0.357 e. The molecule has 88 valence electrons. The fourth-order valence-electron chi connectivity index (χ4n) is 1.76. The summed E-state index contributed by atoms with van der Waals surface area (Å²) >= 11 is 0. The molecule has 1 aromatic rings. The van der Waals surface area contributed by atoms with Crippen LogP contribution in [0.4, 0.5) is 10.4 Å². The third-order valence-electron chi connectivity index (χ3n) is 2.53. The second-order valence-corrected chi connectivity index (χ2v) is 3.64. The van der Waals surface area contributed by atoms with Crippen LogP contribution in [0, 0.1) is 0 Å². The van der Waals surface area contributed by atoms with E-state index < -0.39 is 18.2 Å². The van der Waals surface area contributed by atoms with Gasteiger partial charge in [0.05, 0.1) is 19.2 Å². The number of aliphatic hydroxyl groups is 1. The lowest BCUT2D eigenvalue weighted by Crippen LogP contribution is -2.32. The number of aliphatic hydroxyl groups excluding tert-OH is 1. The molecule has 0 radical (unpaired) electrons. The molecular weight excluding hydrogens is 219 g/mol. The van der Waals surface area contributed by atoms with Gasteiger partial charge in [0.15, 0.2) is 5.69 Å². The zero-order valence-corrected chi connectivity index (χ0v) is 8.34. The number of hydrogen-bond donors (Lipinski definition) is 2. The van der Waals surface area contributed by atoms with Gasteiger partial charge in [-0.3, -0.25) is 0 Å². The molecule has 0 spiro atoms. The zero-order chi connectivity index (χ0) is 11.7. The predicted molar refractivity (Wildman–Crippen MR) is 51.2 cm³/mol. The lowest BCUT2D eigenvalue weighted by atomic mass is 10.2. The van der Waals surface area contributed by atoms with Crippen molar-refractivity contribution in [2.45, 2.75) is 18.6 Å². The predicted octanol–water partition coefficient (Wildman–Crippen LogP) is 0.282. The van der Waals surface area contributed by atoms with E-state index in [1.54, 1.807) is 0 Å². The van der Waals surface area contributed by atoms with Crippen LogP contribution in [-0.2, 0) is 0 Å². The van der Waals surface area contributed by atoms with E-state index in [0.717, 1.165) is 6.26 Å². The molecule has 1 aliphatic heterocycles. The second-order valence-electron chi connectivity index (χ2n) is 3.64. The lowest BCUT2D eigenvalue weighted by molar-refractivity contribution is 0.0690. The molecule has 6 nitrogen and oxygen atoms in total. The van der Waals surface area contributed by atoms with Gasteiger partial charge in [0.1, 0.15) is 12.4 Å². The van der Waals surface area contributed by atoms with Crippen LogP contribution in [-0.4, -0.2) is 46.5 Å². The molecule has 0 saturated carbocycles. The number of carboxylic acid groups (broad SMARTS) is 1. The van der Waals surface area contributed by atoms with Crippen molar-refractivity contribution < 1.29 is 23.8 Å². The van der Waals surface area contributed by atoms with E-state index in [9.17, 15) is 9.18 Å². The highest BCUT2D eigenvalue weighted by Crippen LogP contribution is 2.26. The van der Waals surface area contributed by atoms with Crippen LogP contribution in [0.2, 0.25) is 0 Å². The normalized spacial score (nSPS) is 25.0. The minimum atomic E-state index is -1.20. The molecule has 2 N–H and O–H groups in total. The first-order chi connectivity index (χ1) is 7.61. The molecule has 0 aromatic carbocycles. The summed E-state index contributed by atoms with van der Waals surface area (Å²) < 4.78 is 18.1. The number of carboxylic acids is 1. The first kappa shape index (κ1) is 10.9. The maximum atomic E-state index is 13.1. The van der Waals surface area contributed by atoms with E-state index >= 15 is 0 Å². The summed E-state index contributed by atoms with van der Waals surface area (Å²) in [6.07, 6.45) is 0.135. The molecule has 16 heavy (non-hydrogen) atoms. The van der Waals surface area contributed by atoms with Gasteiger partial charge in [-0.15, -0.1) is 0 Å². The SMILES string of the molecule is O=C(O)c1coc(N2C[C@@H](F)C[C@H]2CO)n1. The van der Waals surface area contributed by atoms with Gasteiger partial charge >= 0.3 is 5.97 Å². The highest BCUT2D eigenvalue weighted by Gasteiger charge is 2.34. The molecule has 2 heterocycles. The summed E-state index contributed by atoms with van der Waals surface area (Å²) in [5.41, 5.74) is -0.228. The molecule has 7 heteroatoms. The van der Waals surface area contributed by atoms with Gasteiger partial charge in [-0.2, -0.15) is 4.98 Å². The van der Waals surface area contributed by atoms with Gasteiger partial charge in [-0.25, -0.2) is 9.18 Å². The Kier molecular flexibility index (Phi) is 2.78. The van der Waals surface area contributed by atoms with Crippen LogP contribution in [0.1, 0.15) is 16.9 Å². The number of nitrogens with zero attached hydrogens (tertiary/aromatic N) is 2. The second kappa shape index (κ2) is 4.09. The highest BCUT2D eigenvalue weighted by atomic mass is 19.1. The first-order valence-corrected chi connectivity index (χ1v) is 4.82. The van der Waals surface area contributed by atoms with E-state index in [1.807, 2.05) is 0 Å². The van der Waals surface area contributed by atoms with E-state index in [4.69, 9.17) is 14.6 Å². The summed E-state index contributed by atoms with van der Waals surface area (Å²) in [4.78, 5) is 15.7. The highest BCUT2D eigenvalue weighted by molar-refractivity contribution is 5.85. The molecule has 1 saturated heterocycles. The van der Waals surface area contributed by atoms with Gasteiger partial charge in [-0.1, -0.05) is 0 Å². The van der Waals surface area contributed by atoms with Gasteiger partial charge in [0.25, 0.3) is 6.01 Å². The standard InChI is InChI=1S/C9H11FN2O4/c10-5-1-6(3-13)12(2-5)9-11-7(4-16-9)8(14)15/h4-6,13H,1-3H2,(H,14,15)/t5-,6-/m0/s1. The number of carbonyl (C=O) groups is 1. The summed E-state index contributed by atoms with van der Waals surface area (Å²) in [6, 6.07) is -0.369. The molecule has 2 rings (SSSR count). The van der Waals surface area contributed by atoms with E-state index in [1.165, 1.54) is 4.90 Å². The Hall–Kier alpha value is -1.63. The van der Waals surface area contributed by atoms with Crippen LogP contribution in [0.5, 0.6) is 0 Å². The molecule has 0 bridgehead atoms. The number of halogens is 1. The summed E-state index contributed by atoms with van der Waals surface area (Å²) in [7, 11) is 0. The average Bonchev–Trinajstić information content (AvgIpc) is 2.82. The van der Waals surface area contributed by atoms with Gasteiger partial charge < -0.3 is 19.5 Å². The van der Waals surface area contributed by atoms with Crippen molar-refractivity contribution >= 4 is 12.0 Å². The number of alkyl halides is 1. The number of aromatic nitrogens is 1. The van der Waals surface area contributed by atoms with Crippen LogP contribution in [0.15, 0.2) is 10.7 Å². The largest absolute Gasteiger partial charge is 0.476 e. The summed E-state index contributed by atoms with van der Waals surface area (Å²) in [6.45, 7) is -0.157. The number of hydrogen-bond acceptors (Lipinski definition) is 5. The molecule has 2 atom stereocenters. The van der Waals surface area contributed by atoms with Gasteiger partial charge in [-0.05, 0) is 0 Å². The fourth-order valence-corrected chi connectivity index (χ4v) is 1.76. The van der Waals surface area contributed by atoms with Crippen molar-refractivity contribution in [2.24, 2.45) is 0 Å². The van der Waals surface area contributed by atoms with Crippen molar-refractivity contribution in [3.8, 4) is 0 Å². The Morgan fingerprint density at radius 3 is 3.06 bits per heavy atom. The molecule has 1 fully saturated rings. The van der Waals surface area contributed by atoms with Crippen molar-refractivity contribution in [1.82, 2.24) is 4.98 Å². The van der Waals surface area contributed by atoms with Crippen molar-refractivity contribution in [3.63, 3.8) is 0 Å². The third kappa shape index (κ3) is 1.85. The Bertz CT molecular complexity index is 395. The maximum absolute atomic E-state index is 13.1. The summed E-state index contributed by atoms with van der Waals surface area (Å²) in [5.74, 6) is -1.20. The molecule has 1 aliphatic rings. The Labute approximate surface area is 90.3 Å². The Balaban J connectivity index is 2.19. The Morgan fingerprint density at radius 1 is 1.75 bits per heavy atom. The topological polar surface area (TPSA) is 86.8 Å². The fraction of sp³-hybridized carbons (Fsp3) is 0.556. The monoisotopic (exact) mass is 230 g/mol. The number of anilines is 1. The van der Waals surface area contributed by atoms with Crippen molar-refractivity contribution in [3.05, 3.63) is 12.0 Å². The molecule has 0 aliphatic carbocycles. The van der Waals surface area contributed by atoms with Crippen LogP contribution < -0.4 is 4.90 Å². The summed E-state index contributed by atoms with van der Waals surface area (Å²) in [5, 5.41) is 17.7. The molecule has 0 unspecified atom stereocenters. The van der Waals surface area contributed by atoms with E-state index in [2.05, 4.69) is 4.98 Å². The van der Waals surface area contributed by atoms with Crippen LogP contribution in [0.3, 0.4) is 0 Å². The number of oxazole rings is 1. The average molecular weight is 230 g/mol. The molecular formula is C9H11FN2O4. The van der Waals surface area contributed by atoms with E-state index in [-0.39, 0.29) is 31.3 Å². The quantitative estimate of drug-likeness (QED) is 0.775. The molecule has 1 aromatic heterocycles. The number of aromatic carboxylic acids is 1. The van der Waals surface area contributed by atoms with Crippen molar-refractivity contribution in [1.29, 1.82) is 0 Å². The Morgan fingerprint density at radius 2 is 2.50 bits per heavy atom. The third-order valence-corrected chi connectivity index (χ3v) is 2.53. The van der Waals surface area contributed by atoms with Gasteiger partial charge in [0, 0.05) is 6.42 Å². The lowest BCUT2D eigenvalue weighted by Gasteiger charge is -2.19. The van der Waals surface area contributed by atoms with Crippen molar-refractivity contribution in [2.75, 3.05) is 18.1 Å². The van der Waals surface area contributed by atoms with Gasteiger partial charge in [0.2, 0.25) is 0 Å². The zero-order valence-electron chi connectivity index (χ0n) is 8.34. The number of rotatable bonds is 3. The first-order valence-electron chi connectivity index (χ1n) is 4.82. The minimum absolute atomic E-state index is 0.0385. The van der Waals surface area contributed by atoms with E-state index in [0.29, 0.717) is 0 Å². The molecule has 0 amide bonds. The smallest absolute Gasteiger partial charge is 0.357 e. The minimum Gasteiger partial charge on any atom is -0.476 e. The van der Waals surface area contributed by atoms with Crippen LogP contribution in [0.25, 0.3) is 0 Å². The van der Waals surface area contributed by atoms with Crippen LogP contribution >= 0.6 is 0 Å².